The highest BCUT2D eigenvalue weighted by Crippen LogP contribution is 2.24. The Morgan fingerprint density at radius 2 is 2.14 bits per heavy atom. The molecule has 1 fully saturated rings. The van der Waals surface area contributed by atoms with Gasteiger partial charge in [-0.25, -0.2) is 9.98 Å². The average Bonchev–Trinajstić information content (AvgIpc) is 2.89. The van der Waals surface area contributed by atoms with Crippen molar-refractivity contribution in [2.75, 3.05) is 13.2 Å². The number of aliphatic imine (C=N–C) groups is 1. The van der Waals surface area contributed by atoms with Gasteiger partial charge in [0.15, 0.2) is 5.96 Å². The Morgan fingerprint density at radius 1 is 1.43 bits per heavy atom. The number of nitrogens with one attached hydrogen (secondary N) is 1. The van der Waals surface area contributed by atoms with Crippen LogP contribution in [0.1, 0.15) is 25.7 Å². The van der Waals surface area contributed by atoms with E-state index in [1.165, 1.54) is 19.0 Å². The van der Waals surface area contributed by atoms with Crippen molar-refractivity contribution in [1.29, 1.82) is 0 Å². The van der Waals surface area contributed by atoms with Gasteiger partial charge in [0, 0.05) is 12.2 Å². The smallest absolute Gasteiger partial charge is 0.232 e. The van der Waals surface area contributed by atoms with E-state index < -0.39 is 0 Å². The van der Waals surface area contributed by atoms with Gasteiger partial charge in [-0.1, -0.05) is 36.0 Å². The zero-order valence-electron chi connectivity index (χ0n) is 11.5. The molecular weight excluding hydrogens is 426 g/mol. The summed E-state index contributed by atoms with van der Waals surface area (Å²) in [6, 6.07) is 2.05. The third-order valence-corrected chi connectivity index (χ3v) is 3.57. The monoisotopic (exact) mass is 444 g/mol. The molecule has 0 saturated heterocycles. The Hall–Kier alpha value is -0.470. The van der Waals surface area contributed by atoms with Crippen LogP contribution >= 0.6 is 47.2 Å². The lowest BCUT2D eigenvalue weighted by Gasteiger charge is -2.12. The van der Waals surface area contributed by atoms with E-state index in [2.05, 4.69) is 15.3 Å². The maximum Gasteiger partial charge on any atom is 0.232 e. The number of pyridine rings is 1. The van der Waals surface area contributed by atoms with Gasteiger partial charge in [-0.15, -0.1) is 24.0 Å². The lowest BCUT2D eigenvalue weighted by molar-refractivity contribution is 0.316. The molecule has 1 aliphatic rings. The zero-order chi connectivity index (χ0) is 14.4. The number of nitrogens with zero attached hydrogens (tertiary/aromatic N) is 2. The van der Waals surface area contributed by atoms with Crippen molar-refractivity contribution >= 4 is 53.1 Å². The Kier molecular flexibility index (Phi) is 8.43. The molecule has 0 bridgehead atoms. The van der Waals surface area contributed by atoms with E-state index in [9.17, 15) is 0 Å². The Balaban J connectivity index is 0.00000220. The van der Waals surface area contributed by atoms with Gasteiger partial charge in [0.1, 0.15) is 11.6 Å². The summed E-state index contributed by atoms with van der Waals surface area (Å²) in [6.45, 7) is 0.813. The summed E-state index contributed by atoms with van der Waals surface area (Å²) in [4.78, 5) is 8.21. The molecule has 118 valence electrons. The first-order valence-electron chi connectivity index (χ1n) is 6.65. The van der Waals surface area contributed by atoms with Crippen LogP contribution in [0.25, 0.3) is 0 Å². The molecule has 1 saturated carbocycles. The highest BCUT2D eigenvalue weighted by molar-refractivity contribution is 14.0. The van der Waals surface area contributed by atoms with Crippen LogP contribution in [0, 0.1) is 0 Å². The van der Waals surface area contributed by atoms with E-state index in [0.29, 0.717) is 41.1 Å². The number of rotatable bonds is 5. The largest absolute Gasteiger partial charge is 0.475 e. The van der Waals surface area contributed by atoms with Gasteiger partial charge < -0.3 is 15.8 Å². The molecule has 0 aromatic carbocycles. The summed E-state index contributed by atoms with van der Waals surface area (Å²) < 4.78 is 5.42. The van der Waals surface area contributed by atoms with Crippen LogP contribution in [0.2, 0.25) is 10.0 Å². The summed E-state index contributed by atoms with van der Waals surface area (Å²) >= 11 is 11.7. The molecule has 0 amide bonds. The van der Waals surface area contributed by atoms with E-state index in [1.54, 1.807) is 6.07 Å². The summed E-state index contributed by atoms with van der Waals surface area (Å²) in [5, 5.41) is 4.07. The van der Waals surface area contributed by atoms with Gasteiger partial charge in [0.25, 0.3) is 0 Å². The molecular formula is C13H19Cl2IN4O. The highest BCUT2D eigenvalue weighted by atomic mass is 127. The minimum absolute atomic E-state index is 0. The molecule has 1 heterocycles. The standard InChI is InChI=1S/C13H18Cl2N4O.HI/c14-9-7-11(15)12(18-8-9)20-6-5-17-13(16)19-10-3-1-2-4-10;/h7-8,10H,1-6H2,(H3,16,17,19);1H. The molecule has 0 unspecified atom stereocenters. The molecule has 0 spiro atoms. The molecule has 0 radical (unpaired) electrons. The number of nitrogens with two attached hydrogens (primary N) is 1. The molecule has 2 rings (SSSR count). The van der Waals surface area contributed by atoms with E-state index >= 15 is 0 Å². The number of ether oxygens (including phenoxy) is 1. The second-order valence-corrected chi connectivity index (χ2v) is 5.53. The lowest BCUT2D eigenvalue weighted by atomic mass is 10.2. The molecule has 0 aliphatic heterocycles. The first-order valence-corrected chi connectivity index (χ1v) is 7.41. The van der Waals surface area contributed by atoms with Crippen LogP contribution in [-0.2, 0) is 0 Å². The number of hydrogen-bond donors (Lipinski definition) is 2. The molecule has 5 nitrogen and oxygen atoms in total. The Labute approximate surface area is 151 Å². The number of aromatic nitrogens is 1. The summed E-state index contributed by atoms with van der Waals surface area (Å²) in [6.07, 6.45) is 6.33. The molecule has 1 aromatic rings. The first-order chi connectivity index (χ1) is 9.65. The van der Waals surface area contributed by atoms with Gasteiger partial charge in [0.2, 0.25) is 5.88 Å². The highest BCUT2D eigenvalue weighted by Gasteiger charge is 2.14. The van der Waals surface area contributed by atoms with E-state index in [0.717, 1.165) is 12.8 Å². The van der Waals surface area contributed by atoms with Gasteiger partial charge >= 0.3 is 0 Å². The van der Waals surface area contributed by atoms with Crippen LogP contribution in [0.4, 0.5) is 0 Å². The van der Waals surface area contributed by atoms with Gasteiger partial charge in [-0.05, 0) is 18.9 Å². The molecule has 21 heavy (non-hydrogen) atoms. The zero-order valence-corrected chi connectivity index (χ0v) is 15.4. The first kappa shape index (κ1) is 18.6. The van der Waals surface area contributed by atoms with Crippen molar-refractivity contribution in [1.82, 2.24) is 10.3 Å². The second kappa shape index (κ2) is 9.53. The average molecular weight is 445 g/mol. The van der Waals surface area contributed by atoms with Crippen molar-refractivity contribution < 1.29 is 4.74 Å². The number of guanidine groups is 1. The Morgan fingerprint density at radius 3 is 2.81 bits per heavy atom. The SMILES string of the molecule is I.NC(=NCCOc1ncc(Cl)cc1Cl)NC1CCCC1. The van der Waals surface area contributed by atoms with Crippen LogP contribution in [-0.4, -0.2) is 30.1 Å². The minimum Gasteiger partial charge on any atom is -0.475 e. The van der Waals surface area contributed by atoms with Gasteiger partial charge in [-0.3, -0.25) is 0 Å². The van der Waals surface area contributed by atoms with Crippen LogP contribution < -0.4 is 15.8 Å². The summed E-state index contributed by atoms with van der Waals surface area (Å²) in [5.41, 5.74) is 5.81. The molecule has 3 N–H and O–H groups in total. The van der Waals surface area contributed by atoms with E-state index in [1.807, 2.05) is 0 Å². The fourth-order valence-corrected chi connectivity index (χ4v) is 2.58. The van der Waals surface area contributed by atoms with Crippen LogP contribution in [0.3, 0.4) is 0 Å². The van der Waals surface area contributed by atoms with Crippen molar-refractivity contribution in [3.63, 3.8) is 0 Å². The number of hydrogen-bond acceptors (Lipinski definition) is 3. The van der Waals surface area contributed by atoms with Crippen molar-refractivity contribution in [2.24, 2.45) is 10.7 Å². The lowest BCUT2D eigenvalue weighted by Crippen LogP contribution is -2.38. The molecule has 1 aliphatic carbocycles. The maximum atomic E-state index is 5.94. The molecule has 1 aromatic heterocycles. The topological polar surface area (TPSA) is 72.5 Å². The summed E-state index contributed by atoms with van der Waals surface area (Å²) in [7, 11) is 0. The summed E-state index contributed by atoms with van der Waals surface area (Å²) in [5.74, 6) is 0.823. The minimum atomic E-state index is 0. The van der Waals surface area contributed by atoms with E-state index in [-0.39, 0.29) is 24.0 Å². The fourth-order valence-electron chi connectivity index (χ4n) is 2.14. The maximum absolute atomic E-state index is 5.94. The van der Waals surface area contributed by atoms with Crippen LogP contribution in [0.5, 0.6) is 5.88 Å². The predicted octanol–water partition coefficient (Wildman–Crippen LogP) is 3.23. The Bertz CT molecular complexity index is 481. The van der Waals surface area contributed by atoms with Crippen LogP contribution in [0.15, 0.2) is 17.3 Å². The number of halogens is 3. The van der Waals surface area contributed by atoms with Gasteiger partial charge in [0.05, 0.1) is 11.6 Å². The van der Waals surface area contributed by atoms with E-state index in [4.69, 9.17) is 33.7 Å². The van der Waals surface area contributed by atoms with Crippen molar-refractivity contribution in [2.45, 2.75) is 31.7 Å². The molecule has 0 atom stereocenters. The van der Waals surface area contributed by atoms with Gasteiger partial charge in [-0.2, -0.15) is 0 Å². The second-order valence-electron chi connectivity index (χ2n) is 4.68. The molecule has 8 heteroatoms. The van der Waals surface area contributed by atoms with Crippen molar-refractivity contribution in [3.05, 3.63) is 22.3 Å². The third-order valence-electron chi connectivity index (χ3n) is 3.09. The third kappa shape index (κ3) is 6.44. The van der Waals surface area contributed by atoms with Crippen molar-refractivity contribution in [3.8, 4) is 5.88 Å². The normalized spacial score (nSPS) is 15.6. The predicted molar refractivity (Wildman–Crippen MR) is 97.0 cm³/mol. The quantitative estimate of drug-likeness (QED) is 0.316. The fraction of sp³-hybridized carbons (Fsp3) is 0.538.